The van der Waals surface area contributed by atoms with E-state index in [4.69, 9.17) is 15.0 Å². The minimum atomic E-state index is -0.0470. The zero-order valence-electron chi connectivity index (χ0n) is 30.4. The molecule has 53 heavy (non-hydrogen) atoms. The van der Waals surface area contributed by atoms with Crippen molar-refractivity contribution < 1.29 is 0 Å². The highest BCUT2D eigenvalue weighted by Crippen LogP contribution is 2.49. The first kappa shape index (κ1) is 32.5. The summed E-state index contributed by atoms with van der Waals surface area (Å²) in [6.07, 6.45) is 4.53. The molecular weight excluding hydrogens is 643 g/mol. The second kappa shape index (κ2) is 13.0. The van der Waals surface area contributed by atoms with Gasteiger partial charge in [0.15, 0.2) is 17.5 Å². The number of hydrogen-bond acceptors (Lipinski definition) is 3. The lowest BCUT2D eigenvalue weighted by Gasteiger charge is -2.22. The molecule has 7 aromatic carbocycles. The number of benzene rings is 7. The first-order chi connectivity index (χ1) is 25.9. The fourth-order valence-electron chi connectivity index (χ4n) is 8.08. The van der Waals surface area contributed by atoms with Crippen LogP contribution in [0.1, 0.15) is 49.9 Å². The van der Waals surface area contributed by atoms with Crippen LogP contribution in [0.2, 0.25) is 0 Å². The molecule has 1 aromatic heterocycles. The summed E-state index contributed by atoms with van der Waals surface area (Å²) < 4.78 is 0. The molecule has 0 unspecified atom stereocenters. The normalized spacial score (nSPS) is 13.7. The minimum absolute atomic E-state index is 0.0470. The van der Waals surface area contributed by atoms with Crippen LogP contribution in [0.15, 0.2) is 164 Å². The van der Waals surface area contributed by atoms with Crippen LogP contribution in [0.5, 0.6) is 0 Å². The van der Waals surface area contributed by atoms with Crippen molar-refractivity contribution in [3.63, 3.8) is 0 Å². The molecule has 0 spiro atoms. The van der Waals surface area contributed by atoms with E-state index in [2.05, 4.69) is 155 Å². The Labute approximate surface area is 311 Å². The molecule has 0 saturated carbocycles. The zero-order valence-corrected chi connectivity index (χ0v) is 30.4. The number of aromatic nitrogens is 3. The first-order valence-corrected chi connectivity index (χ1v) is 18.3. The van der Waals surface area contributed by atoms with E-state index in [0.717, 1.165) is 33.2 Å². The van der Waals surface area contributed by atoms with Crippen LogP contribution in [0.3, 0.4) is 0 Å². The van der Waals surface area contributed by atoms with Gasteiger partial charge in [0.25, 0.3) is 0 Å². The van der Waals surface area contributed by atoms with E-state index < -0.39 is 0 Å². The predicted octanol–water partition coefficient (Wildman–Crippen LogP) is 13.0. The van der Waals surface area contributed by atoms with Gasteiger partial charge in [-0.05, 0) is 86.0 Å². The fraction of sp³-hybridized carbons (Fsp3) is 0.100. The lowest BCUT2D eigenvalue weighted by atomic mass is 9.81. The molecule has 8 aromatic rings. The summed E-state index contributed by atoms with van der Waals surface area (Å²) in [5, 5.41) is 4.66. The second-order valence-corrected chi connectivity index (χ2v) is 14.5. The monoisotopic (exact) mass is 681 g/mol. The van der Waals surface area contributed by atoms with Gasteiger partial charge >= 0.3 is 0 Å². The van der Waals surface area contributed by atoms with E-state index in [1.165, 1.54) is 49.5 Å². The second-order valence-electron chi connectivity index (χ2n) is 14.5. The smallest absolute Gasteiger partial charge is 0.165 e. The summed E-state index contributed by atoms with van der Waals surface area (Å²) in [5.41, 5.74) is 13.0. The summed E-state index contributed by atoms with van der Waals surface area (Å²) in [7, 11) is 0. The van der Waals surface area contributed by atoms with Crippen LogP contribution in [-0.2, 0) is 5.41 Å². The third-order valence-corrected chi connectivity index (χ3v) is 10.9. The molecule has 0 amide bonds. The predicted molar refractivity (Wildman–Crippen MR) is 222 cm³/mol. The van der Waals surface area contributed by atoms with Gasteiger partial charge in [0, 0.05) is 22.1 Å². The van der Waals surface area contributed by atoms with Gasteiger partial charge in [0.1, 0.15) is 0 Å². The van der Waals surface area contributed by atoms with Gasteiger partial charge < -0.3 is 0 Å². The molecule has 1 aliphatic carbocycles. The average molecular weight is 682 g/mol. The number of hydrogen-bond donors (Lipinski definition) is 0. The topological polar surface area (TPSA) is 38.7 Å². The molecule has 0 fully saturated rings. The maximum atomic E-state index is 5.24. The Balaban J connectivity index is 1.25. The SMILES string of the molecule is C/C(=C\C=C(/C)c1c(-c2nc(-c3ccccc3)nc(-c3ccccc3)n2)c2ccccc2c2ccccc12)c1ccc2c(c1)C(C)(C)c1ccccc1-2. The van der Waals surface area contributed by atoms with Gasteiger partial charge in [-0.1, -0.05) is 172 Å². The zero-order chi connectivity index (χ0) is 36.1. The molecule has 0 bridgehead atoms. The van der Waals surface area contributed by atoms with Crippen LogP contribution in [-0.4, -0.2) is 15.0 Å². The van der Waals surface area contributed by atoms with Gasteiger partial charge in [-0.25, -0.2) is 15.0 Å². The molecule has 1 aliphatic rings. The van der Waals surface area contributed by atoms with Gasteiger partial charge in [-0.15, -0.1) is 0 Å². The van der Waals surface area contributed by atoms with Crippen LogP contribution in [0.4, 0.5) is 0 Å². The van der Waals surface area contributed by atoms with Crippen molar-refractivity contribution in [2.75, 3.05) is 0 Å². The summed E-state index contributed by atoms with van der Waals surface area (Å²) >= 11 is 0. The number of rotatable bonds is 6. The first-order valence-electron chi connectivity index (χ1n) is 18.3. The van der Waals surface area contributed by atoms with Crippen LogP contribution in [0.25, 0.3) is 78.0 Å². The molecule has 0 atom stereocenters. The molecule has 3 nitrogen and oxygen atoms in total. The van der Waals surface area contributed by atoms with Gasteiger partial charge in [0.2, 0.25) is 0 Å². The number of nitrogens with zero attached hydrogens (tertiary/aromatic N) is 3. The molecule has 0 radical (unpaired) electrons. The van der Waals surface area contributed by atoms with Gasteiger partial charge in [0.05, 0.1) is 0 Å². The highest BCUT2D eigenvalue weighted by Gasteiger charge is 2.35. The summed E-state index contributed by atoms with van der Waals surface area (Å²) in [6.45, 7) is 9.10. The Kier molecular flexibility index (Phi) is 7.93. The Bertz CT molecular complexity index is 2700. The van der Waals surface area contributed by atoms with Crippen LogP contribution in [0, 0.1) is 0 Å². The maximum Gasteiger partial charge on any atom is 0.165 e. The Morgan fingerprint density at radius 1 is 0.453 bits per heavy atom. The molecule has 0 N–H and O–H groups in total. The van der Waals surface area contributed by atoms with E-state index in [1.54, 1.807) is 0 Å². The van der Waals surface area contributed by atoms with E-state index >= 15 is 0 Å². The number of allylic oxidation sites excluding steroid dienone is 4. The standard InChI is InChI=1S/C50H39N3/c1-32(36-29-30-40-39-23-15-16-26-43(39)50(3,4)44(40)31-36)27-28-33(2)45-41-24-13-11-21-37(41)38-22-12-14-25-42(38)46(45)49-52-47(34-17-7-5-8-18-34)51-48(53-49)35-19-9-6-10-20-35/h5-31H,1-4H3/b32-27+,33-28+. The highest BCUT2D eigenvalue weighted by molar-refractivity contribution is 6.18. The average Bonchev–Trinajstić information content (AvgIpc) is 3.45. The van der Waals surface area contributed by atoms with Crippen molar-refractivity contribution in [3.8, 4) is 45.3 Å². The molecule has 3 heteroatoms. The molecule has 9 rings (SSSR count). The number of fused-ring (bicyclic) bond motifs is 6. The quantitative estimate of drug-likeness (QED) is 0.129. The molecule has 0 saturated heterocycles. The van der Waals surface area contributed by atoms with Crippen molar-refractivity contribution >= 4 is 32.7 Å². The van der Waals surface area contributed by atoms with Crippen molar-refractivity contribution in [1.82, 2.24) is 15.0 Å². The van der Waals surface area contributed by atoms with Crippen molar-refractivity contribution in [2.24, 2.45) is 0 Å². The molecule has 1 heterocycles. The van der Waals surface area contributed by atoms with Crippen LogP contribution < -0.4 is 0 Å². The van der Waals surface area contributed by atoms with Crippen LogP contribution >= 0.6 is 0 Å². The van der Waals surface area contributed by atoms with Gasteiger partial charge in [-0.2, -0.15) is 0 Å². The Morgan fingerprint density at radius 3 is 1.60 bits per heavy atom. The van der Waals surface area contributed by atoms with Crippen molar-refractivity contribution in [2.45, 2.75) is 33.1 Å². The Morgan fingerprint density at radius 2 is 0.943 bits per heavy atom. The van der Waals surface area contributed by atoms with Crippen molar-refractivity contribution in [3.05, 3.63) is 186 Å². The van der Waals surface area contributed by atoms with E-state index in [1.807, 2.05) is 36.4 Å². The summed E-state index contributed by atoms with van der Waals surface area (Å²) in [6, 6.07) is 53.5. The molecular formula is C50H39N3. The lowest BCUT2D eigenvalue weighted by Crippen LogP contribution is -2.15. The van der Waals surface area contributed by atoms with Crippen molar-refractivity contribution in [1.29, 1.82) is 0 Å². The molecule has 254 valence electrons. The van der Waals surface area contributed by atoms with Gasteiger partial charge in [-0.3, -0.25) is 0 Å². The third-order valence-electron chi connectivity index (χ3n) is 10.9. The fourth-order valence-corrected chi connectivity index (χ4v) is 8.08. The molecule has 0 aliphatic heterocycles. The van der Waals surface area contributed by atoms with E-state index in [0.29, 0.717) is 17.5 Å². The highest BCUT2D eigenvalue weighted by atomic mass is 15.0. The van der Waals surface area contributed by atoms with E-state index in [-0.39, 0.29) is 5.41 Å². The Hall–Kier alpha value is -6.45. The van der Waals surface area contributed by atoms with E-state index in [9.17, 15) is 0 Å². The summed E-state index contributed by atoms with van der Waals surface area (Å²) in [5.74, 6) is 1.96. The third kappa shape index (κ3) is 5.57. The minimum Gasteiger partial charge on any atom is -0.208 e. The summed E-state index contributed by atoms with van der Waals surface area (Å²) in [4.78, 5) is 15.5. The maximum absolute atomic E-state index is 5.24. The largest absolute Gasteiger partial charge is 0.208 e. The lowest BCUT2D eigenvalue weighted by molar-refractivity contribution is 0.660.